The molecular weight excluding hydrogens is 397 g/mol. The van der Waals surface area contributed by atoms with E-state index in [2.05, 4.69) is 0 Å². The first-order valence-electron chi connectivity index (χ1n) is 9.13. The Morgan fingerprint density at radius 1 is 0.929 bits per heavy atom. The molecule has 1 aliphatic carbocycles. The third kappa shape index (κ3) is 3.06. The number of alkyl halides is 2. The number of halogens is 2. The standard InChI is InChI=1S/C22H19Cl2NO3/c1-13-3-2-4-16-15(13)5-6-17-19(16)21(27)20(26)18-14(12-28-22(17)18)11-25(9-7-23)10-8-24/h2-6,12H,7-11H2,1H3. The molecule has 0 fully saturated rings. The smallest absolute Gasteiger partial charge is 0.237 e. The average Bonchev–Trinajstić information content (AvgIpc) is 3.10. The van der Waals surface area contributed by atoms with E-state index < -0.39 is 11.6 Å². The molecule has 0 atom stereocenters. The van der Waals surface area contributed by atoms with Gasteiger partial charge in [-0.1, -0.05) is 24.3 Å². The van der Waals surface area contributed by atoms with E-state index in [0.717, 1.165) is 16.3 Å². The van der Waals surface area contributed by atoms with Crippen molar-refractivity contribution in [2.24, 2.45) is 0 Å². The summed E-state index contributed by atoms with van der Waals surface area (Å²) in [6, 6.07) is 9.61. The van der Waals surface area contributed by atoms with E-state index in [0.29, 0.717) is 59.4 Å². The van der Waals surface area contributed by atoms with Crippen LogP contribution in [0.4, 0.5) is 0 Å². The van der Waals surface area contributed by atoms with Gasteiger partial charge in [0, 0.05) is 48.1 Å². The van der Waals surface area contributed by atoms with Crippen molar-refractivity contribution in [3.8, 4) is 11.3 Å². The lowest BCUT2D eigenvalue weighted by Gasteiger charge is -2.21. The number of furan rings is 1. The Morgan fingerprint density at radius 3 is 2.36 bits per heavy atom. The number of ketones is 2. The van der Waals surface area contributed by atoms with Crippen molar-refractivity contribution < 1.29 is 14.0 Å². The Bertz CT molecular complexity index is 1080. The van der Waals surface area contributed by atoms with Crippen molar-refractivity contribution in [1.82, 2.24) is 4.90 Å². The Labute approximate surface area is 173 Å². The molecule has 0 amide bonds. The predicted molar refractivity (Wildman–Crippen MR) is 112 cm³/mol. The molecule has 1 aliphatic rings. The summed E-state index contributed by atoms with van der Waals surface area (Å²) in [5.74, 6) is 0.380. The van der Waals surface area contributed by atoms with Crippen LogP contribution >= 0.6 is 23.2 Å². The van der Waals surface area contributed by atoms with Crippen LogP contribution in [-0.4, -0.2) is 41.3 Å². The normalized spacial score (nSPS) is 13.3. The minimum absolute atomic E-state index is 0.360. The van der Waals surface area contributed by atoms with Crippen LogP contribution in [-0.2, 0) is 6.54 Å². The van der Waals surface area contributed by atoms with E-state index in [-0.39, 0.29) is 0 Å². The number of Topliss-reactive ketones (excluding diaryl/α,β-unsaturated/α-hetero) is 2. The second kappa shape index (κ2) is 7.70. The Balaban J connectivity index is 1.85. The Hall–Kier alpha value is -2.14. The van der Waals surface area contributed by atoms with Gasteiger partial charge in [-0.05, 0) is 29.3 Å². The summed E-state index contributed by atoms with van der Waals surface area (Å²) < 4.78 is 5.80. The number of hydrogen-bond donors (Lipinski definition) is 0. The van der Waals surface area contributed by atoms with E-state index in [9.17, 15) is 9.59 Å². The van der Waals surface area contributed by atoms with Crippen molar-refractivity contribution in [2.45, 2.75) is 13.5 Å². The van der Waals surface area contributed by atoms with Crippen molar-refractivity contribution in [3.05, 3.63) is 58.8 Å². The van der Waals surface area contributed by atoms with Gasteiger partial charge in [0.25, 0.3) is 0 Å². The quantitative estimate of drug-likeness (QED) is 0.416. The van der Waals surface area contributed by atoms with Crippen molar-refractivity contribution >= 4 is 45.5 Å². The van der Waals surface area contributed by atoms with E-state index in [1.165, 1.54) is 0 Å². The maximum absolute atomic E-state index is 13.0. The molecule has 4 nitrogen and oxygen atoms in total. The molecule has 0 aliphatic heterocycles. The second-order valence-electron chi connectivity index (χ2n) is 6.94. The first kappa shape index (κ1) is 19.2. The molecular formula is C22H19Cl2NO3. The highest BCUT2D eigenvalue weighted by Gasteiger charge is 2.36. The van der Waals surface area contributed by atoms with Gasteiger partial charge >= 0.3 is 0 Å². The van der Waals surface area contributed by atoms with Crippen molar-refractivity contribution in [3.63, 3.8) is 0 Å². The molecule has 144 valence electrons. The first-order chi connectivity index (χ1) is 13.6. The van der Waals surface area contributed by atoms with Crippen molar-refractivity contribution in [2.75, 3.05) is 24.8 Å². The summed E-state index contributed by atoms with van der Waals surface area (Å²) >= 11 is 11.7. The second-order valence-corrected chi connectivity index (χ2v) is 7.69. The lowest BCUT2D eigenvalue weighted by molar-refractivity contribution is 0.0814. The Kier molecular flexibility index (Phi) is 5.28. The maximum atomic E-state index is 13.0. The van der Waals surface area contributed by atoms with Gasteiger partial charge in [0.15, 0.2) is 0 Å². The molecule has 0 spiro atoms. The van der Waals surface area contributed by atoms with E-state index in [1.807, 2.05) is 42.2 Å². The van der Waals surface area contributed by atoms with Gasteiger partial charge < -0.3 is 4.42 Å². The monoisotopic (exact) mass is 415 g/mol. The topological polar surface area (TPSA) is 50.5 Å². The summed E-state index contributed by atoms with van der Waals surface area (Å²) in [5.41, 5.74) is 3.21. The predicted octanol–water partition coefficient (Wildman–Crippen LogP) is 5.07. The van der Waals surface area contributed by atoms with Crippen LogP contribution in [0, 0.1) is 6.92 Å². The number of hydrogen-bond acceptors (Lipinski definition) is 4. The summed E-state index contributed by atoms with van der Waals surface area (Å²) in [7, 11) is 0. The zero-order valence-electron chi connectivity index (χ0n) is 15.4. The molecule has 0 radical (unpaired) electrons. The molecule has 28 heavy (non-hydrogen) atoms. The molecule has 6 heteroatoms. The molecule has 0 N–H and O–H groups in total. The van der Waals surface area contributed by atoms with Crippen LogP contribution in [0.25, 0.3) is 22.1 Å². The fourth-order valence-electron chi connectivity index (χ4n) is 3.88. The molecule has 0 saturated carbocycles. The molecule has 1 heterocycles. The lowest BCUT2D eigenvalue weighted by atomic mass is 9.83. The minimum Gasteiger partial charge on any atom is -0.463 e. The zero-order valence-corrected chi connectivity index (χ0v) is 16.9. The molecule has 3 aromatic rings. The van der Waals surface area contributed by atoms with Crippen LogP contribution in [0.1, 0.15) is 31.8 Å². The van der Waals surface area contributed by atoms with Crippen LogP contribution in [0.3, 0.4) is 0 Å². The van der Waals surface area contributed by atoms with Gasteiger partial charge in [-0.25, -0.2) is 0 Å². The van der Waals surface area contributed by atoms with Crippen LogP contribution < -0.4 is 0 Å². The van der Waals surface area contributed by atoms with Gasteiger partial charge in [0.05, 0.1) is 11.8 Å². The van der Waals surface area contributed by atoms with Gasteiger partial charge in [-0.15, -0.1) is 23.2 Å². The van der Waals surface area contributed by atoms with E-state index >= 15 is 0 Å². The van der Waals surface area contributed by atoms with E-state index in [4.69, 9.17) is 27.6 Å². The fourth-order valence-corrected chi connectivity index (χ4v) is 4.36. The SMILES string of the molecule is Cc1cccc2c3c(ccc12)-c1occ(CN(CCCl)CCCl)c1C(=O)C3=O. The zero-order chi connectivity index (χ0) is 19.8. The van der Waals surface area contributed by atoms with Gasteiger partial charge in [-0.3, -0.25) is 14.5 Å². The summed E-state index contributed by atoms with van der Waals surface area (Å²) in [6.45, 7) is 3.72. The Morgan fingerprint density at radius 2 is 1.64 bits per heavy atom. The van der Waals surface area contributed by atoms with Crippen molar-refractivity contribution in [1.29, 1.82) is 0 Å². The number of aryl methyl sites for hydroxylation is 1. The van der Waals surface area contributed by atoms with Crippen LogP contribution in [0.15, 0.2) is 41.0 Å². The highest BCUT2D eigenvalue weighted by Crippen LogP contribution is 2.40. The van der Waals surface area contributed by atoms with E-state index in [1.54, 1.807) is 6.26 Å². The minimum atomic E-state index is -0.517. The lowest BCUT2D eigenvalue weighted by Crippen LogP contribution is -2.29. The number of carbonyl (C=O) groups excluding carboxylic acids is 2. The molecule has 4 rings (SSSR count). The molecule has 2 aromatic carbocycles. The maximum Gasteiger partial charge on any atom is 0.237 e. The fraction of sp³-hybridized carbons (Fsp3) is 0.273. The van der Waals surface area contributed by atoms with Gasteiger partial charge in [0.2, 0.25) is 11.6 Å². The van der Waals surface area contributed by atoms with Crippen LogP contribution in [0.2, 0.25) is 0 Å². The number of fused-ring (bicyclic) bond motifs is 5. The molecule has 0 bridgehead atoms. The number of benzene rings is 2. The molecule has 0 saturated heterocycles. The average molecular weight is 416 g/mol. The largest absolute Gasteiger partial charge is 0.463 e. The summed E-state index contributed by atoms with van der Waals surface area (Å²) in [5, 5.41) is 1.75. The third-order valence-corrected chi connectivity index (χ3v) is 5.59. The first-order valence-corrected chi connectivity index (χ1v) is 10.2. The van der Waals surface area contributed by atoms with Gasteiger partial charge in [0.1, 0.15) is 5.76 Å². The highest BCUT2D eigenvalue weighted by atomic mass is 35.5. The van der Waals surface area contributed by atoms with Gasteiger partial charge in [-0.2, -0.15) is 0 Å². The molecule has 1 aromatic heterocycles. The summed E-state index contributed by atoms with van der Waals surface area (Å²) in [4.78, 5) is 28.1. The number of rotatable bonds is 6. The highest BCUT2D eigenvalue weighted by molar-refractivity contribution is 6.54. The summed E-state index contributed by atoms with van der Waals surface area (Å²) in [6.07, 6.45) is 1.57. The number of carbonyl (C=O) groups is 2. The third-order valence-electron chi connectivity index (χ3n) is 5.25. The van der Waals surface area contributed by atoms with Crippen LogP contribution in [0.5, 0.6) is 0 Å². The number of nitrogens with zero attached hydrogens (tertiary/aromatic N) is 1. The molecule has 0 unspecified atom stereocenters.